The molecule has 1 saturated heterocycles. The van der Waals surface area contributed by atoms with Gasteiger partial charge in [0, 0.05) is 5.02 Å². The third-order valence-corrected chi connectivity index (χ3v) is 6.60. The molecule has 0 radical (unpaired) electrons. The molecule has 0 saturated carbocycles. The highest BCUT2D eigenvalue weighted by Gasteiger charge is 2.44. The summed E-state index contributed by atoms with van der Waals surface area (Å²) in [5.74, 6) is -0.0425. The Morgan fingerprint density at radius 3 is 2.38 bits per heavy atom. The van der Waals surface area contributed by atoms with E-state index in [1.807, 2.05) is 37.3 Å². The quantitative estimate of drug-likeness (QED) is 0.332. The molecule has 0 amide bonds. The van der Waals surface area contributed by atoms with Crippen molar-refractivity contribution < 1.29 is 39.4 Å². The Morgan fingerprint density at radius 1 is 0.919 bits per heavy atom. The summed E-state index contributed by atoms with van der Waals surface area (Å²) in [6, 6.07) is 18.8. The fraction of sp³-hybridized carbons (Fsp3) is 0.321. The first kappa shape index (κ1) is 26.9. The average Bonchev–Trinajstić information content (AvgIpc) is 2.90. The number of carbonyl (C=O) groups is 1. The number of ether oxygens (including phenoxy) is 3. The molecule has 4 rings (SSSR count). The topological polar surface area (TPSA) is 126 Å². The van der Waals surface area contributed by atoms with E-state index in [0.717, 1.165) is 16.9 Å². The van der Waals surface area contributed by atoms with Gasteiger partial charge < -0.3 is 34.6 Å². The van der Waals surface area contributed by atoms with Crippen molar-refractivity contribution in [1.82, 2.24) is 0 Å². The lowest BCUT2D eigenvalue weighted by Gasteiger charge is -2.40. The summed E-state index contributed by atoms with van der Waals surface area (Å²) >= 11 is 6.46. The first-order chi connectivity index (χ1) is 17.8. The molecule has 196 valence electrons. The molecule has 37 heavy (non-hydrogen) atoms. The van der Waals surface area contributed by atoms with Gasteiger partial charge >= 0.3 is 5.97 Å². The second-order valence-corrected chi connectivity index (χ2v) is 9.22. The Kier molecular flexibility index (Phi) is 8.68. The lowest BCUT2D eigenvalue weighted by Crippen LogP contribution is -2.55. The van der Waals surface area contributed by atoms with Crippen LogP contribution in [0.4, 0.5) is 0 Å². The molecule has 9 heteroatoms. The zero-order chi connectivity index (χ0) is 26.5. The van der Waals surface area contributed by atoms with E-state index >= 15 is 0 Å². The number of carboxylic acids is 1. The maximum Gasteiger partial charge on any atom is 0.335 e. The molecule has 4 N–H and O–H groups in total. The number of halogens is 1. The number of aliphatic hydroxyl groups is 3. The largest absolute Gasteiger partial charge is 0.494 e. The van der Waals surface area contributed by atoms with Gasteiger partial charge in [-0.3, -0.25) is 0 Å². The number of rotatable bonds is 9. The molecule has 8 nitrogen and oxygen atoms in total. The van der Waals surface area contributed by atoms with E-state index < -0.39 is 36.5 Å². The molecular formula is C28H29ClO8. The predicted molar refractivity (Wildman–Crippen MR) is 136 cm³/mol. The van der Waals surface area contributed by atoms with Gasteiger partial charge in [-0.2, -0.15) is 0 Å². The van der Waals surface area contributed by atoms with Crippen LogP contribution in [0, 0.1) is 0 Å². The maximum atomic E-state index is 11.2. The van der Waals surface area contributed by atoms with Crippen molar-refractivity contribution >= 4 is 17.6 Å². The third kappa shape index (κ3) is 6.41. The molecule has 1 heterocycles. The minimum absolute atomic E-state index is 0.0529. The van der Waals surface area contributed by atoms with Gasteiger partial charge in [0.2, 0.25) is 0 Å². The predicted octanol–water partition coefficient (Wildman–Crippen LogP) is 3.63. The fourth-order valence-corrected chi connectivity index (χ4v) is 4.44. The van der Waals surface area contributed by atoms with Crippen LogP contribution >= 0.6 is 11.6 Å². The van der Waals surface area contributed by atoms with E-state index in [1.54, 1.807) is 18.2 Å². The number of carboxylic acid groups (broad SMARTS) is 1. The number of hydrogen-bond acceptors (Lipinski definition) is 7. The van der Waals surface area contributed by atoms with E-state index in [-0.39, 0.29) is 17.9 Å². The smallest absolute Gasteiger partial charge is 0.335 e. The Bertz CT molecular complexity index is 1220. The normalized spacial score (nSPS) is 23.4. The maximum absolute atomic E-state index is 11.2. The molecule has 3 aromatic rings. The third-order valence-electron chi connectivity index (χ3n) is 6.23. The molecule has 5 atom stereocenters. The summed E-state index contributed by atoms with van der Waals surface area (Å²) in [5, 5.41) is 41.5. The van der Waals surface area contributed by atoms with Gasteiger partial charge in [0.1, 0.15) is 48.6 Å². The van der Waals surface area contributed by atoms with Gasteiger partial charge in [0.05, 0.1) is 12.2 Å². The molecule has 1 fully saturated rings. The molecule has 0 bridgehead atoms. The van der Waals surface area contributed by atoms with Crippen LogP contribution in [0.25, 0.3) is 0 Å². The van der Waals surface area contributed by atoms with E-state index in [2.05, 4.69) is 0 Å². The van der Waals surface area contributed by atoms with Crippen molar-refractivity contribution in [2.24, 2.45) is 0 Å². The number of aliphatic hydroxyl groups excluding tert-OH is 3. The first-order valence-electron chi connectivity index (χ1n) is 11.9. The second-order valence-electron chi connectivity index (χ2n) is 8.82. The highest BCUT2D eigenvalue weighted by molar-refractivity contribution is 6.31. The molecule has 1 aliphatic rings. The molecule has 3 aromatic carbocycles. The standard InChI is InChI=1S/C28H29ClO8/c1-2-35-20-9-6-16(7-10-20)12-19-13-17(8-11-22(19)29)27-26(32)25(31)24(30)23(37-27)15-36-21-5-3-4-18(14-21)28(33)34/h3-11,13-14,23-27,30-32H,2,12,15H2,1H3,(H,33,34)/t23-,24-,25+,26-,27+/m1/s1. The molecule has 0 unspecified atom stereocenters. The van der Waals surface area contributed by atoms with Gasteiger partial charge in [-0.25, -0.2) is 4.79 Å². The van der Waals surface area contributed by atoms with E-state index in [9.17, 15) is 20.1 Å². The van der Waals surface area contributed by atoms with Crippen molar-refractivity contribution in [3.05, 3.63) is 94.0 Å². The molecular weight excluding hydrogens is 500 g/mol. The molecule has 0 aliphatic carbocycles. The van der Waals surface area contributed by atoms with E-state index in [1.165, 1.54) is 18.2 Å². The van der Waals surface area contributed by atoms with E-state index in [4.69, 9.17) is 30.9 Å². The summed E-state index contributed by atoms with van der Waals surface area (Å²) in [6.45, 7) is 2.33. The summed E-state index contributed by atoms with van der Waals surface area (Å²) < 4.78 is 17.1. The summed E-state index contributed by atoms with van der Waals surface area (Å²) in [6.07, 6.45) is -5.69. The highest BCUT2D eigenvalue weighted by Crippen LogP contribution is 2.35. The van der Waals surface area contributed by atoms with Gasteiger partial charge in [-0.15, -0.1) is 0 Å². The van der Waals surface area contributed by atoms with Crippen LogP contribution in [0.3, 0.4) is 0 Å². The molecule has 1 aliphatic heterocycles. The minimum atomic E-state index is -1.48. The van der Waals surface area contributed by atoms with Crippen molar-refractivity contribution in [1.29, 1.82) is 0 Å². The summed E-state index contributed by atoms with van der Waals surface area (Å²) in [5.41, 5.74) is 2.45. The Hall–Kier alpha value is -3.14. The SMILES string of the molecule is CCOc1ccc(Cc2cc([C@@H]3O[C@H](COc4cccc(C(=O)O)c4)[C@@H](O)[C@H](O)[C@H]3O)ccc2Cl)cc1. The van der Waals surface area contributed by atoms with Crippen LogP contribution in [-0.2, 0) is 11.2 Å². The van der Waals surface area contributed by atoms with Gasteiger partial charge in [0.25, 0.3) is 0 Å². The van der Waals surface area contributed by atoms with Crippen molar-refractivity contribution in [2.75, 3.05) is 13.2 Å². The van der Waals surface area contributed by atoms with Crippen LogP contribution in [0.2, 0.25) is 5.02 Å². The zero-order valence-corrected chi connectivity index (χ0v) is 20.9. The van der Waals surface area contributed by atoms with Crippen molar-refractivity contribution in [3.63, 3.8) is 0 Å². The van der Waals surface area contributed by atoms with E-state index in [0.29, 0.717) is 23.6 Å². The van der Waals surface area contributed by atoms with Gasteiger partial charge in [0.15, 0.2) is 0 Å². The summed E-state index contributed by atoms with van der Waals surface area (Å²) in [7, 11) is 0. The van der Waals surface area contributed by atoms with Crippen molar-refractivity contribution in [3.8, 4) is 11.5 Å². The summed E-state index contributed by atoms with van der Waals surface area (Å²) in [4.78, 5) is 11.2. The second kappa shape index (κ2) is 11.9. The minimum Gasteiger partial charge on any atom is -0.494 e. The monoisotopic (exact) mass is 528 g/mol. The van der Waals surface area contributed by atoms with Crippen LogP contribution in [0.1, 0.15) is 40.1 Å². The van der Waals surface area contributed by atoms with Gasteiger partial charge in [-0.1, -0.05) is 41.9 Å². The van der Waals surface area contributed by atoms with Crippen molar-refractivity contribution in [2.45, 2.75) is 43.9 Å². The van der Waals surface area contributed by atoms with Crippen LogP contribution in [-0.4, -0.2) is 64.0 Å². The molecule has 0 spiro atoms. The van der Waals surface area contributed by atoms with Crippen LogP contribution in [0.5, 0.6) is 11.5 Å². The lowest BCUT2D eigenvalue weighted by atomic mass is 9.90. The number of hydrogen-bond donors (Lipinski definition) is 4. The Labute approximate surface area is 219 Å². The molecule has 0 aromatic heterocycles. The number of aromatic carboxylic acids is 1. The number of benzene rings is 3. The zero-order valence-electron chi connectivity index (χ0n) is 20.2. The lowest BCUT2D eigenvalue weighted by molar-refractivity contribution is -0.230. The average molecular weight is 529 g/mol. The highest BCUT2D eigenvalue weighted by atomic mass is 35.5. The van der Waals surface area contributed by atoms with Gasteiger partial charge in [-0.05, 0) is 66.4 Å². The Balaban J connectivity index is 1.50. The Morgan fingerprint density at radius 2 is 1.68 bits per heavy atom. The van der Waals surface area contributed by atoms with Crippen LogP contribution in [0.15, 0.2) is 66.7 Å². The first-order valence-corrected chi connectivity index (χ1v) is 12.3. The fourth-order valence-electron chi connectivity index (χ4n) is 4.26. The van der Waals surface area contributed by atoms with Crippen LogP contribution < -0.4 is 9.47 Å².